The zero-order chi connectivity index (χ0) is 25.2. The third-order valence-corrected chi connectivity index (χ3v) is 4.46. The van der Waals surface area contributed by atoms with Gasteiger partial charge in [-0.2, -0.15) is 0 Å². The van der Waals surface area contributed by atoms with Gasteiger partial charge < -0.3 is 37.0 Å². The average Bonchev–Trinajstić information content (AvgIpc) is 2.62. The number of carbonyl (C=O) groups is 5. The van der Waals surface area contributed by atoms with Crippen molar-refractivity contribution in [2.75, 3.05) is 0 Å². The number of aliphatic hydroxyl groups excluding tert-OH is 1. The number of aliphatic carboxylic acids is 2. The van der Waals surface area contributed by atoms with Crippen LogP contribution in [-0.4, -0.2) is 75.3 Å². The molecule has 0 radical (unpaired) electrons. The van der Waals surface area contributed by atoms with Crippen molar-refractivity contribution >= 4 is 29.7 Å². The molecule has 0 aliphatic heterocycles. The number of aliphatic hydroxyl groups is 1. The molecular weight excluding hydrogens is 424 g/mol. The summed E-state index contributed by atoms with van der Waals surface area (Å²) in [6.45, 7) is 8.38. The van der Waals surface area contributed by atoms with Crippen LogP contribution >= 0.6 is 0 Å². The molecule has 5 unspecified atom stereocenters. The van der Waals surface area contributed by atoms with E-state index in [4.69, 9.17) is 10.8 Å². The second-order valence-corrected chi connectivity index (χ2v) is 8.65. The fourth-order valence-corrected chi connectivity index (χ4v) is 2.88. The van der Waals surface area contributed by atoms with Crippen molar-refractivity contribution in [2.24, 2.45) is 17.6 Å². The van der Waals surface area contributed by atoms with Crippen molar-refractivity contribution < 1.29 is 39.3 Å². The highest BCUT2D eigenvalue weighted by molar-refractivity contribution is 5.95. The molecule has 184 valence electrons. The van der Waals surface area contributed by atoms with Crippen LogP contribution in [0, 0.1) is 11.8 Å². The normalized spacial score (nSPS) is 15.9. The lowest BCUT2D eigenvalue weighted by Gasteiger charge is -2.27. The van der Waals surface area contributed by atoms with E-state index >= 15 is 0 Å². The maximum Gasteiger partial charge on any atom is 0.326 e. The molecule has 0 aliphatic rings. The molecule has 0 saturated heterocycles. The number of rotatable bonds is 14. The minimum atomic E-state index is -1.48. The first-order valence-corrected chi connectivity index (χ1v) is 10.4. The predicted molar refractivity (Wildman–Crippen MR) is 114 cm³/mol. The summed E-state index contributed by atoms with van der Waals surface area (Å²) in [5, 5.41) is 35.1. The second-order valence-electron chi connectivity index (χ2n) is 8.65. The Morgan fingerprint density at radius 3 is 1.62 bits per heavy atom. The van der Waals surface area contributed by atoms with E-state index in [1.807, 2.05) is 0 Å². The van der Waals surface area contributed by atoms with Gasteiger partial charge in [0.1, 0.15) is 18.1 Å². The Bertz CT molecular complexity index is 681. The number of amides is 3. The summed E-state index contributed by atoms with van der Waals surface area (Å²) < 4.78 is 0. The molecular formula is C20H36N4O8. The lowest BCUT2D eigenvalue weighted by molar-refractivity contribution is -0.143. The first kappa shape index (κ1) is 29.3. The van der Waals surface area contributed by atoms with Gasteiger partial charge in [0.05, 0.1) is 18.6 Å². The van der Waals surface area contributed by atoms with Crippen LogP contribution in [0.1, 0.15) is 53.9 Å². The van der Waals surface area contributed by atoms with Gasteiger partial charge in [0, 0.05) is 0 Å². The summed E-state index contributed by atoms with van der Waals surface area (Å²) in [6, 6.07) is -5.21. The number of carbonyl (C=O) groups excluding carboxylic acids is 3. The number of carboxylic acids is 2. The molecule has 0 saturated carbocycles. The minimum Gasteiger partial charge on any atom is -0.481 e. The largest absolute Gasteiger partial charge is 0.481 e. The maximum atomic E-state index is 12.8. The Morgan fingerprint density at radius 1 is 0.750 bits per heavy atom. The average molecular weight is 461 g/mol. The van der Waals surface area contributed by atoms with Crippen LogP contribution in [0.4, 0.5) is 0 Å². The lowest BCUT2D eigenvalue weighted by atomic mass is 10.0. The van der Waals surface area contributed by atoms with Gasteiger partial charge in [-0.25, -0.2) is 4.79 Å². The summed E-state index contributed by atoms with van der Waals surface area (Å²) in [6.07, 6.45) is -1.70. The first-order valence-electron chi connectivity index (χ1n) is 10.4. The molecule has 3 amide bonds. The Labute approximate surface area is 187 Å². The molecule has 0 rings (SSSR count). The molecule has 12 nitrogen and oxygen atoms in total. The minimum absolute atomic E-state index is 0.0309. The molecule has 0 spiro atoms. The topological polar surface area (TPSA) is 208 Å². The number of carboxylic acid groups (broad SMARTS) is 2. The molecule has 0 aromatic rings. The molecule has 8 N–H and O–H groups in total. The van der Waals surface area contributed by atoms with E-state index in [1.54, 1.807) is 27.7 Å². The fourth-order valence-electron chi connectivity index (χ4n) is 2.88. The van der Waals surface area contributed by atoms with Gasteiger partial charge in [-0.15, -0.1) is 0 Å². The molecule has 32 heavy (non-hydrogen) atoms. The fraction of sp³-hybridized carbons (Fsp3) is 0.750. The standard InChI is InChI=1S/C20H36N4O8/c1-9(2)6-13(22-17(28)12(21)8-15(26)27)18(29)24-16(11(5)25)19(30)23-14(20(31)32)7-10(3)4/h9-14,16,25H,6-8,21H2,1-5H3,(H,22,28)(H,23,30)(H,24,29)(H,26,27)(H,31,32). The first-order chi connectivity index (χ1) is 14.6. The molecule has 0 aliphatic carbocycles. The highest BCUT2D eigenvalue weighted by atomic mass is 16.4. The third kappa shape index (κ3) is 11.0. The summed E-state index contributed by atoms with van der Waals surface area (Å²) >= 11 is 0. The Kier molecular flexibility index (Phi) is 12.5. The summed E-state index contributed by atoms with van der Waals surface area (Å²) in [4.78, 5) is 59.7. The highest BCUT2D eigenvalue weighted by Crippen LogP contribution is 2.09. The molecule has 0 aromatic carbocycles. The lowest BCUT2D eigenvalue weighted by Crippen LogP contribution is -2.60. The van der Waals surface area contributed by atoms with Crippen LogP contribution in [0.5, 0.6) is 0 Å². The van der Waals surface area contributed by atoms with Crippen LogP contribution in [0.25, 0.3) is 0 Å². The van der Waals surface area contributed by atoms with Gasteiger partial charge in [-0.1, -0.05) is 27.7 Å². The van der Waals surface area contributed by atoms with Crippen molar-refractivity contribution in [3.05, 3.63) is 0 Å². The Balaban J connectivity index is 5.43. The molecule has 0 aromatic heterocycles. The van der Waals surface area contributed by atoms with Crippen LogP contribution in [-0.2, 0) is 24.0 Å². The smallest absolute Gasteiger partial charge is 0.326 e. The van der Waals surface area contributed by atoms with Crippen LogP contribution in [0.3, 0.4) is 0 Å². The van der Waals surface area contributed by atoms with Gasteiger partial charge in [0.15, 0.2) is 0 Å². The van der Waals surface area contributed by atoms with Gasteiger partial charge in [-0.3, -0.25) is 19.2 Å². The van der Waals surface area contributed by atoms with Crippen molar-refractivity contribution in [3.8, 4) is 0 Å². The van der Waals surface area contributed by atoms with E-state index in [2.05, 4.69) is 16.0 Å². The van der Waals surface area contributed by atoms with Gasteiger partial charge >= 0.3 is 11.9 Å². The van der Waals surface area contributed by atoms with E-state index in [9.17, 15) is 34.2 Å². The van der Waals surface area contributed by atoms with Crippen LogP contribution < -0.4 is 21.7 Å². The Hall–Kier alpha value is -2.73. The predicted octanol–water partition coefficient (Wildman–Crippen LogP) is -1.20. The third-order valence-electron chi connectivity index (χ3n) is 4.46. The molecule has 12 heteroatoms. The van der Waals surface area contributed by atoms with Gasteiger partial charge in [0.25, 0.3) is 0 Å². The number of hydrogen-bond donors (Lipinski definition) is 7. The van der Waals surface area contributed by atoms with Crippen molar-refractivity contribution in [1.82, 2.24) is 16.0 Å². The van der Waals surface area contributed by atoms with Crippen LogP contribution in [0.15, 0.2) is 0 Å². The second kappa shape index (κ2) is 13.6. The van der Waals surface area contributed by atoms with E-state index < -0.39 is 66.4 Å². The van der Waals surface area contributed by atoms with E-state index in [1.165, 1.54) is 6.92 Å². The van der Waals surface area contributed by atoms with E-state index in [-0.39, 0.29) is 24.7 Å². The SMILES string of the molecule is CC(C)CC(NC(=O)C(NC(=O)C(CC(C)C)NC(=O)C(N)CC(=O)O)C(C)O)C(=O)O. The Morgan fingerprint density at radius 2 is 1.22 bits per heavy atom. The van der Waals surface area contributed by atoms with Crippen LogP contribution in [0.2, 0.25) is 0 Å². The number of nitrogens with two attached hydrogens (primary N) is 1. The zero-order valence-electron chi connectivity index (χ0n) is 19.1. The van der Waals surface area contributed by atoms with Crippen molar-refractivity contribution in [3.63, 3.8) is 0 Å². The maximum absolute atomic E-state index is 12.8. The van der Waals surface area contributed by atoms with Gasteiger partial charge in [0.2, 0.25) is 17.7 Å². The number of nitrogens with one attached hydrogen (secondary N) is 3. The molecule has 0 heterocycles. The molecule has 0 bridgehead atoms. The molecule has 5 atom stereocenters. The molecule has 0 fully saturated rings. The van der Waals surface area contributed by atoms with Crippen molar-refractivity contribution in [2.45, 2.75) is 84.2 Å². The summed E-state index contributed by atoms with van der Waals surface area (Å²) in [5.41, 5.74) is 5.53. The monoisotopic (exact) mass is 460 g/mol. The summed E-state index contributed by atoms with van der Waals surface area (Å²) in [7, 11) is 0. The summed E-state index contributed by atoms with van der Waals surface area (Å²) in [5.74, 6) is -5.17. The van der Waals surface area contributed by atoms with E-state index in [0.29, 0.717) is 0 Å². The van der Waals surface area contributed by atoms with Gasteiger partial charge in [-0.05, 0) is 31.6 Å². The number of hydrogen-bond acceptors (Lipinski definition) is 7. The van der Waals surface area contributed by atoms with E-state index in [0.717, 1.165) is 0 Å². The quantitative estimate of drug-likeness (QED) is 0.166. The van der Waals surface area contributed by atoms with Crippen molar-refractivity contribution in [1.29, 1.82) is 0 Å². The highest BCUT2D eigenvalue weighted by Gasteiger charge is 2.33. The zero-order valence-corrected chi connectivity index (χ0v) is 19.1.